The molecule has 2 N–H and O–H groups in total. The zero-order chi connectivity index (χ0) is 13.0. The van der Waals surface area contributed by atoms with Crippen molar-refractivity contribution in [2.75, 3.05) is 19.7 Å². The minimum Gasteiger partial charge on any atom is -0.494 e. The first kappa shape index (κ1) is 16.6. The lowest BCUT2D eigenvalue weighted by molar-refractivity contribution is 0.198. The minimum absolute atomic E-state index is 0. The maximum Gasteiger partial charge on any atom is 0.123 e. The summed E-state index contributed by atoms with van der Waals surface area (Å²) in [5.41, 5.74) is 7.16. The smallest absolute Gasteiger partial charge is 0.123 e. The molecule has 0 unspecified atom stereocenters. The Kier molecular flexibility index (Phi) is 6.94. The third-order valence-corrected chi connectivity index (χ3v) is 3.49. The lowest BCUT2D eigenvalue weighted by Gasteiger charge is -2.31. The van der Waals surface area contributed by atoms with Crippen molar-refractivity contribution >= 4 is 24.0 Å². The Balaban J connectivity index is 0.00000180. The average molecular weight is 305 g/mol. The lowest BCUT2D eigenvalue weighted by Crippen LogP contribution is -2.42. The van der Waals surface area contributed by atoms with E-state index in [0.29, 0.717) is 12.6 Å². The Morgan fingerprint density at radius 1 is 1.47 bits per heavy atom. The van der Waals surface area contributed by atoms with Crippen molar-refractivity contribution in [2.24, 2.45) is 5.73 Å². The Bertz CT molecular complexity index is 401. The fraction of sp³-hybridized carbons (Fsp3) is 0.571. The highest BCUT2D eigenvalue weighted by atomic mass is 35.5. The van der Waals surface area contributed by atoms with Crippen molar-refractivity contribution < 1.29 is 4.74 Å². The number of ether oxygens (including phenoxy) is 1. The van der Waals surface area contributed by atoms with Crippen molar-refractivity contribution in [3.05, 3.63) is 28.8 Å². The molecule has 1 aromatic rings. The van der Waals surface area contributed by atoms with Crippen LogP contribution in [-0.2, 0) is 6.54 Å². The Morgan fingerprint density at radius 3 is 2.95 bits per heavy atom. The van der Waals surface area contributed by atoms with Gasteiger partial charge in [-0.15, -0.1) is 12.4 Å². The van der Waals surface area contributed by atoms with Crippen molar-refractivity contribution in [1.29, 1.82) is 0 Å². The highest BCUT2D eigenvalue weighted by molar-refractivity contribution is 6.30. The van der Waals surface area contributed by atoms with Gasteiger partial charge in [-0.05, 0) is 44.5 Å². The number of rotatable bonds is 4. The van der Waals surface area contributed by atoms with E-state index >= 15 is 0 Å². The zero-order valence-electron chi connectivity index (χ0n) is 11.3. The SMILES string of the molecule is CCOc1ccc(Cl)cc1CN1CCC[C@H](N)C1.Cl. The molecule has 1 fully saturated rings. The molecule has 1 saturated heterocycles. The number of benzene rings is 1. The largest absolute Gasteiger partial charge is 0.494 e. The van der Waals surface area contributed by atoms with Crippen LogP contribution in [-0.4, -0.2) is 30.6 Å². The number of nitrogens with two attached hydrogens (primary N) is 1. The molecule has 1 atom stereocenters. The Hall–Kier alpha value is -0.480. The summed E-state index contributed by atoms with van der Waals surface area (Å²) in [4.78, 5) is 2.38. The molecule has 5 heteroatoms. The molecule has 0 bridgehead atoms. The fourth-order valence-electron chi connectivity index (χ4n) is 2.44. The third-order valence-electron chi connectivity index (χ3n) is 3.26. The van der Waals surface area contributed by atoms with Crippen LogP contribution in [0.4, 0.5) is 0 Å². The summed E-state index contributed by atoms with van der Waals surface area (Å²) < 4.78 is 5.64. The Labute approximate surface area is 126 Å². The maximum absolute atomic E-state index is 6.06. The number of likely N-dealkylation sites (tertiary alicyclic amines) is 1. The van der Waals surface area contributed by atoms with Crippen molar-refractivity contribution in [3.63, 3.8) is 0 Å². The summed E-state index contributed by atoms with van der Waals surface area (Å²) in [6, 6.07) is 6.11. The first-order valence-electron chi connectivity index (χ1n) is 6.58. The van der Waals surface area contributed by atoms with Crippen molar-refractivity contribution in [1.82, 2.24) is 4.90 Å². The molecule has 3 nitrogen and oxygen atoms in total. The predicted octanol–water partition coefficient (Wildman–Crippen LogP) is 3.08. The second-order valence-electron chi connectivity index (χ2n) is 4.82. The van der Waals surface area contributed by atoms with E-state index in [1.807, 2.05) is 25.1 Å². The van der Waals surface area contributed by atoms with Gasteiger partial charge in [-0.3, -0.25) is 4.90 Å². The van der Waals surface area contributed by atoms with Crippen LogP contribution in [0, 0.1) is 0 Å². The summed E-state index contributed by atoms with van der Waals surface area (Å²) in [6.45, 7) is 5.59. The second-order valence-corrected chi connectivity index (χ2v) is 5.26. The number of piperidine rings is 1. The van der Waals surface area contributed by atoms with Crippen LogP contribution in [0.1, 0.15) is 25.3 Å². The van der Waals surface area contributed by atoms with E-state index in [9.17, 15) is 0 Å². The van der Waals surface area contributed by atoms with Gasteiger partial charge in [-0.1, -0.05) is 11.6 Å². The van der Waals surface area contributed by atoms with Crippen LogP contribution in [0.15, 0.2) is 18.2 Å². The van der Waals surface area contributed by atoms with Gasteiger partial charge in [0.15, 0.2) is 0 Å². The maximum atomic E-state index is 6.06. The summed E-state index contributed by atoms with van der Waals surface area (Å²) in [7, 11) is 0. The predicted molar refractivity (Wildman–Crippen MR) is 82.4 cm³/mol. The van der Waals surface area contributed by atoms with Gasteiger partial charge in [0, 0.05) is 29.7 Å². The third kappa shape index (κ3) is 4.84. The number of hydrogen-bond donors (Lipinski definition) is 1. The molecule has 0 aromatic heterocycles. The molecular formula is C14H22Cl2N2O. The summed E-state index contributed by atoms with van der Waals surface area (Å²) in [5, 5.41) is 0.759. The van der Waals surface area contributed by atoms with E-state index in [1.54, 1.807) is 0 Å². The van der Waals surface area contributed by atoms with Crippen LogP contribution in [0.25, 0.3) is 0 Å². The van der Waals surface area contributed by atoms with E-state index in [1.165, 1.54) is 6.42 Å². The summed E-state index contributed by atoms with van der Waals surface area (Å²) >= 11 is 6.06. The monoisotopic (exact) mass is 304 g/mol. The van der Waals surface area contributed by atoms with E-state index in [4.69, 9.17) is 22.1 Å². The van der Waals surface area contributed by atoms with Gasteiger partial charge in [0.2, 0.25) is 0 Å². The first-order chi connectivity index (χ1) is 8.69. The first-order valence-corrected chi connectivity index (χ1v) is 6.96. The van der Waals surface area contributed by atoms with Crippen molar-refractivity contribution in [2.45, 2.75) is 32.4 Å². The van der Waals surface area contributed by atoms with E-state index < -0.39 is 0 Å². The molecule has 0 amide bonds. The molecule has 19 heavy (non-hydrogen) atoms. The fourth-order valence-corrected chi connectivity index (χ4v) is 2.64. The van der Waals surface area contributed by atoms with Crippen LogP contribution in [0.3, 0.4) is 0 Å². The van der Waals surface area contributed by atoms with E-state index in [-0.39, 0.29) is 12.4 Å². The van der Waals surface area contributed by atoms with Gasteiger partial charge in [0.05, 0.1) is 6.61 Å². The zero-order valence-corrected chi connectivity index (χ0v) is 12.8. The highest BCUT2D eigenvalue weighted by Gasteiger charge is 2.18. The van der Waals surface area contributed by atoms with Gasteiger partial charge >= 0.3 is 0 Å². The van der Waals surface area contributed by atoms with Gasteiger partial charge < -0.3 is 10.5 Å². The molecule has 2 rings (SSSR count). The number of hydrogen-bond acceptors (Lipinski definition) is 3. The molecule has 0 radical (unpaired) electrons. The summed E-state index contributed by atoms with van der Waals surface area (Å²) in [6.07, 6.45) is 2.30. The van der Waals surface area contributed by atoms with Gasteiger partial charge in [-0.2, -0.15) is 0 Å². The molecule has 0 saturated carbocycles. The summed E-state index contributed by atoms with van der Waals surface area (Å²) in [5.74, 6) is 0.932. The van der Waals surface area contributed by atoms with Gasteiger partial charge in [0.25, 0.3) is 0 Å². The second kappa shape index (κ2) is 7.95. The molecule has 0 spiro atoms. The minimum atomic E-state index is 0. The van der Waals surface area contributed by atoms with E-state index in [2.05, 4.69) is 4.90 Å². The number of halogens is 2. The quantitative estimate of drug-likeness (QED) is 0.929. The molecule has 1 aromatic carbocycles. The molecule has 108 valence electrons. The Morgan fingerprint density at radius 2 is 2.26 bits per heavy atom. The highest BCUT2D eigenvalue weighted by Crippen LogP contribution is 2.25. The van der Waals surface area contributed by atoms with Crippen LogP contribution in [0.2, 0.25) is 5.02 Å². The van der Waals surface area contributed by atoms with Crippen LogP contribution in [0.5, 0.6) is 5.75 Å². The molecule has 1 heterocycles. The van der Waals surface area contributed by atoms with Gasteiger partial charge in [-0.25, -0.2) is 0 Å². The van der Waals surface area contributed by atoms with Crippen LogP contribution < -0.4 is 10.5 Å². The molecule has 0 aliphatic carbocycles. The van der Waals surface area contributed by atoms with Crippen molar-refractivity contribution in [3.8, 4) is 5.75 Å². The molecular weight excluding hydrogens is 283 g/mol. The molecule has 1 aliphatic rings. The average Bonchev–Trinajstić information content (AvgIpc) is 2.33. The topological polar surface area (TPSA) is 38.5 Å². The standard InChI is InChI=1S/C14H21ClN2O.ClH/c1-2-18-14-6-5-12(15)8-11(14)9-17-7-3-4-13(16)10-17;/h5-6,8,13H,2-4,7,9-10,16H2,1H3;1H/t13-;/m0./s1. The van der Waals surface area contributed by atoms with Crippen LogP contribution >= 0.6 is 24.0 Å². The normalized spacial score (nSPS) is 19.8. The number of nitrogens with zero attached hydrogens (tertiary/aromatic N) is 1. The van der Waals surface area contributed by atoms with Gasteiger partial charge in [0.1, 0.15) is 5.75 Å². The lowest BCUT2D eigenvalue weighted by atomic mass is 10.1. The van der Waals surface area contributed by atoms with E-state index in [0.717, 1.165) is 42.4 Å². The molecule has 1 aliphatic heterocycles.